The van der Waals surface area contributed by atoms with Crippen LogP contribution in [0.5, 0.6) is 0 Å². The molecule has 1 aliphatic rings. The van der Waals surface area contributed by atoms with E-state index in [0.29, 0.717) is 12.0 Å². The molecule has 0 aromatic heterocycles. The smallest absolute Gasteiger partial charge is 0.0348 e. The van der Waals surface area contributed by atoms with Crippen LogP contribution < -0.4 is 5.32 Å². The summed E-state index contributed by atoms with van der Waals surface area (Å²) in [7, 11) is 0. The molecule has 0 radical (unpaired) electrons. The first-order chi connectivity index (χ1) is 10.3. The van der Waals surface area contributed by atoms with Crippen LogP contribution in [-0.2, 0) is 0 Å². The summed E-state index contributed by atoms with van der Waals surface area (Å²) in [5.41, 5.74) is 2.90. The van der Waals surface area contributed by atoms with Crippen molar-refractivity contribution < 1.29 is 0 Å². The maximum Gasteiger partial charge on any atom is 0.0348 e. The minimum absolute atomic E-state index is 0.550. The zero-order valence-corrected chi connectivity index (χ0v) is 12.8. The van der Waals surface area contributed by atoms with Crippen LogP contribution in [0, 0.1) is 5.92 Å². The van der Waals surface area contributed by atoms with Crippen molar-refractivity contribution in [3.05, 3.63) is 71.8 Å². The molecule has 2 unspecified atom stereocenters. The van der Waals surface area contributed by atoms with Crippen LogP contribution in [0.2, 0.25) is 0 Å². The zero-order valence-electron chi connectivity index (χ0n) is 12.8. The molecule has 21 heavy (non-hydrogen) atoms. The van der Waals surface area contributed by atoms with Gasteiger partial charge in [-0.3, -0.25) is 0 Å². The third-order valence-electron chi connectivity index (χ3n) is 4.56. The van der Waals surface area contributed by atoms with Crippen LogP contribution in [0.15, 0.2) is 60.7 Å². The Morgan fingerprint density at radius 1 is 0.905 bits per heavy atom. The van der Waals surface area contributed by atoms with Gasteiger partial charge in [-0.25, -0.2) is 0 Å². The third-order valence-corrected chi connectivity index (χ3v) is 4.56. The highest BCUT2D eigenvalue weighted by Gasteiger charge is 2.31. The van der Waals surface area contributed by atoms with Crippen molar-refractivity contribution in [2.45, 2.75) is 38.1 Å². The van der Waals surface area contributed by atoms with Gasteiger partial charge >= 0.3 is 0 Å². The number of rotatable bonds is 7. The fourth-order valence-electron chi connectivity index (χ4n) is 3.05. The lowest BCUT2D eigenvalue weighted by Crippen LogP contribution is -2.25. The second-order valence-electron chi connectivity index (χ2n) is 6.28. The molecule has 0 spiro atoms. The van der Waals surface area contributed by atoms with E-state index in [1.54, 1.807) is 0 Å². The van der Waals surface area contributed by atoms with Crippen LogP contribution in [0.3, 0.4) is 0 Å². The molecule has 0 bridgehead atoms. The predicted molar refractivity (Wildman–Crippen MR) is 89.4 cm³/mol. The van der Waals surface area contributed by atoms with Crippen molar-refractivity contribution in [1.29, 1.82) is 0 Å². The highest BCUT2D eigenvalue weighted by Crippen LogP contribution is 2.41. The van der Waals surface area contributed by atoms with Gasteiger partial charge in [-0.15, -0.1) is 0 Å². The molecule has 1 aliphatic carbocycles. The van der Waals surface area contributed by atoms with Gasteiger partial charge in [-0.1, -0.05) is 67.6 Å². The van der Waals surface area contributed by atoms with Gasteiger partial charge in [0.15, 0.2) is 0 Å². The summed E-state index contributed by atoms with van der Waals surface area (Å²) in [5, 5.41) is 3.80. The molecule has 1 fully saturated rings. The van der Waals surface area contributed by atoms with E-state index in [9.17, 15) is 0 Å². The summed E-state index contributed by atoms with van der Waals surface area (Å²) in [6, 6.07) is 22.3. The average Bonchev–Trinajstić information content (AvgIpc) is 3.38. The Morgan fingerprint density at radius 2 is 1.48 bits per heavy atom. The second-order valence-corrected chi connectivity index (χ2v) is 6.28. The van der Waals surface area contributed by atoms with E-state index in [1.807, 2.05) is 0 Å². The summed E-state index contributed by atoms with van der Waals surface area (Å²) >= 11 is 0. The molecule has 1 saturated carbocycles. The Hall–Kier alpha value is -1.60. The quantitative estimate of drug-likeness (QED) is 0.758. The van der Waals surface area contributed by atoms with Crippen molar-refractivity contribution in [2.75, 3.05) is 6.54 Å². The van der Waals surface area contributed by atoms with E-state index in [4.69, 9.17) is 0 Å². The molecule has 3 rings (SSSR count). The maximum atomic E-state index is 3.80. The molecular formula is C20H25N. The Kier molecular flexibility index (Phi) is 4.72. The van der Waals surface area contributed by atoms with Crippen LogP contribution in [0.4, 0.5) is 0 Å². The molecule has 0 saturated heterocycles. The summed E-state index contributed by atoms with van der Waals surface area (Å²) in [6.45, 7) is 3.41. The summed E-state index contributed by atoms with van der Waals surface area (Å²) in [5.74, 6) is 1.47. The molecule has 1 N–H and O–H groups in total. The molecule has 2 atom stereocenters. The van der Waals surface area contributed by atoms with Crippen molar-refractivity contribution in [3.8, 4) is 0 Å². The molecule has 0 amide bonds. The molecule has 0 aliphatic heterocycles. The van der Waals surface area contributed by atoms with Gasteiger partial charge in [0.05, 0.1) is 0 Å². The van der Waals surface area contributed by atoms with Gasteiger partial charge in [0.25, 0.3) is 0 Å². The largest absolute Gasteiger partial charge is 0.310 e. The number of benzene rings is 2. The topological polar surface area (TPSA) is 12.0 Å². The fraction of sp³-hybridized carbons (Fsp3) is 0.400. The molecule has 2 aromatic rings. The Labute approximate surface area is 128 Å². The first-order valence-corrected chi connectivity index (χ1v) is 8.18. The van der Waals surface area contributed by atoms with Crippen LogP contribution >= 0.6 is 0 Å². The third kappa shape index (κ3) is 3.95. The van der Waals surface area contributed by atoms with Crippen LogP contribution in [0.25, 0.3) is 0 Å². The molecule has 110 valence electrons. The molecular weight excluding hydrogens is 254 g/mol. The van der Waals surface area contributed by atoms with E-state index < -0.39 is 0 Å². The number of hydrogen-bond acceptors (Lipinski definition) is 1. The number of hydrogen-bond donors (Lipinski definition) is 1. The van der Waals surface area contributed by atoms with E-state index in [-0.39, 0.29) is 0 Å². The van der Waals surface area contributed by atoms with Gasteiger partial charge in [0, 0.05) is 6.04 Å². The summed E-state index contributed by atoms with van der Waals surface area (Å²) in [4.78, 5) is 0. The molecule has 0 heterocycles. The average molecular weight is 279 g/mol. The first-order valence-electron chi connectivity index (χ1n) is 8.18. The van der Waals surface area contributed by atoms with Crippen LogP contribution in [0.1, 0.15) is 49.3 Å². The predicted octanol–water partition coefficient (Wildman–Crippen LogP) is 4.92. The summed E-state index contributed by atoms with van der Waals surface area (Å²) < 4.78 is 0. The van der Waals surface area contributed by atoms with Gasteiger partial charge in [-0.2, -0.15) is 0 Å². The van der Waals surface area contributed by atoms with Crippen molar-refractivity contribution >= 4 is 0 Å². The fourth-order valence-corrected chi connectivity index (χ4v) is 3.05. The maximum absolute atomic E-state index is 3.80. The van der Waals surface area contributed by atoms with E-state index in [2.05, 4.69) is 72.9 Å². The van der Waals surface area contributed by atoms with E-state index in [0.717, 1.165) is 12.5 Å². The monoisotopic (exact) mass is 279 g/mol. The molecule has 2 aromatic carbocycles. The second kappa shape index (κ2) is 6.91. The standard InChI is InChI=1S/C20H25N/c1-16(17-8-4-2-5-9-17)14-15-21-20(19-12-13-19)18-10-6-3-7-11-18/h2-11,16,19-21H,12-15H2,1H3. The lowest BCUT2D eigenvalue weighted by atomic mass is 9.97. The first kappa shape index (κ1) is 14.3. The van der Waals surface area contributed by atoms with E-state index >= 15 is 0 Å². The highest BCUT2D eigenvalue weighted by molar-refractivity contribution is 5.21. The van der Waals surface area contributed by atoms with Gasteiger partial charge in [0.2, 0.25) is 0 Å². The van der Waals surface area contributed by atoms with Crippen molar-refractivity contribution in [3.63, 3.8) is 0 Å². The summed E-state index contributed by atoms with van der Waals surface area (Å²) in [6.07, 6.45) is 3.95. The molecule has 1 nitrogen and oxygen atoms in total. The Balaban J connectivity index is 1.54. The van der Waals surface area contributed by atoms with Gasteiger partial charge in [-0.05, 0) is 48.8 Å². The normalized spacial score (nSPS) is 17.4. The van der Waals surface area contributed by atoms with Crippen molar-refractivity contribution in [2.24, 2.45) is 5.92 Å². The minimum atomic E-state index is 0.550. The number of nitrogens with one attached hydrogen (secondary N) is 1. The minimum Gasteiger partial charge on any atom is -0.310 e. The Bertz CT molecular complexity index is 530. The highest BCUT2D eigenvalue weighted by atomic mass is 14.9. The molecule has 1 heteroatoms. The van der Waals surface area contributed by atoms with Gasteiger partial charge < -0.3 is 5.32 Å². The SMILES string of the molecule is CC(CCNC(c1ccccc1)C1CC1)c1ccccc1. The van der Waals surface area contributed by atoms with Crippen molar-refractivity contribution in [1.82, 2.24) is 5.32 Å². The van der Waals surface area contributed by atoms with Gasteiger partial charge in [0.1, 0.15) is 0 Å². The van der Waals surface area contributed by atoms with Crippen LogP contribution in [-0.4, -0.2) is 6.54 Å². The zero-order chi connectivity index (χ0) is 14.5. The lowest BCUT2D eigenvalue weighted by Gasteiger charge is -2.20. The lowest BCUT2D eigenvalue weighted by molar-refractivity contribution is 0.463. The van der Waals surface area contributed by atoms with E-state index in [1.165, 1.54) is 30.4 Å². The Morgan fingerprint density at radius 3 is 2.05 bits per heavy atom.